The Kier molecular flexibility index (Phi) is 4.90. The first-order valence-electron chi connectivity index (χ1n) is 5.25. The summed E-state index contributed by atoms with van der Waals surface area (Å²) in [7, 11) is 1.00. The van der Waals surface area contributed by atoms with E-state index in [9.17, 15) is 15.0 Å². The lowest BCUT2D eigenvalue weighted by Gasteiger charge is -2.04. The quantitative estimate of drug-likeness (QED) is 0.708. The standard InChI is InChI=1S/C13H10O3.CH4O/c14-11-7-3-1-5-9(11)13(16)10-6-2-4-8-12(10)15;1-2/h1-8,14-15H;2H,1H3. The van der Waals surface area contributed by atoms with Gasteiger partial charge in [-0.05, 0) is 24.3 Å². The maximum Gasteiger partial charge on any atom is 0.200 e. The highest BCUT2D eigenvalue weighted by Crippen LogP contribution is 2.24. The summed E-state index contributed by atoms with van der Waals surface area (Å²) in [5.74, 6) is -0.567. The number of rotatable bonds is 2. The van der Waals surface area contributed by atoms with E-state index in [0.717, 1.165) is 7.11 Å². The monoisotopic (exact) mass is 246 g/mol. The molecule has 0 aromatic heterocycles. The lowest BCUT2D eigenvalue weighted by atomic mass is 10.0. The summed E-state index contributed by atoms with van der Waals surface area (Å²) in [5, 5.41) is 26.1. The van der Waals surface area contributed by atoms with Gasteiger partial charge in [-0.2, -0.15) is 0 Å². The Labute approximate surface area is 105 Å². The van der Waals surface area contributed by atoms with E-state index in [1.54, 1.807) is 24.3 Å². The van der Waals surface area contributed by atoms with E-state index in [4.69, 9.17) is 5.11 Å². The number of phenols is 2. The number of phenolic OH excluding ortho intramolecular Hbond substituents is 2. The molecule has 0 saturated heterocycles. The molecule has 0 heterocycles. The van der Waals surface area contributed by atoms with Crippen LogP contribution in [0.25, 0.3) is 0 Å². The molecular weight excluding hydrogens is 232 g/mol. The molecule has 0 aliphatic rings. The van der Waals surface area contributed by atoms with Gasteiger partial charge in [0.05, 0.1) is 11.1 Å². The molecule has 0 aliphatic heterocycles. The summed E-state index contributed by atoms with van der Waals surface area (Å²) in [4.78, 5) is 12.0. The summed E-state index contributed by atoms with van der Waals surface area (Å²) >= 11 is 0. The number of hydrogen-bond acceptors (Lipinski definition) is 4. The van der Waals surface area contributed by atoms with Crippen molar-refractivity contribution in [2.45, 2.75) is 0 Å². The minimum absolute atomic E-state index is 0.0873. The number of aromatic hydroxyl groups is 2. The van der Waals surface area contributed by atoms with Crippen LogP contribution in [0.5, 0.6) is 11.5 Å². The molecule has 94 valence electrons. The van der Waals surface area contributed by atoms with Gasteiger partial charge in [0.2, 0.25) is 0 Å². The molecule has 0 radical (unpaired) electrons. The summed E-state index contributed by atoms with van der Waals surface area (Å²) in [5.41, 5.74) is 0.369. The average molecular weight is 246 g/mol. The lowest BCUT2D eigenvalue weighted by Crippen LogP contribution is -2.01. The van der Waals surface area contributed by atoms with Gasteiger partial charge in [-0.3, -0.25) is 4.79 Å². The third-order valence-corrected chi connectivity index (χ3v) is 2.30. The predicted octanol–water partition coefficient (Wildman–Crippen LogP) is 1.94. The predicted molar refractivity (Wildman–Crippen MR) is 67.8 cm³/mol. The molecule has 0 unspecified atom stereocenters. The fraction of sp³-hybridized carbons (Fsp3) is 0.0714. The molecule has 0 saturated carbocycles. The number of hydrogen-bond donors (Lipinski definition) is 3. The highest BCUT2D eigenvalue weighted by atomic mass is 16.3. The Balaban J connectivity index is 0.000000771. The zero-order chi connectivity index (χ0) is 13.5. The zero-order valence-corrected chi connectivity index (χ0v) is 9.87. The van der Waals surface area contributed by atoms with Gasteiger partial charge in [-0.25, -0.2) is 0 Å². The fourth-order valence-electron chi connectivity index (χ4n) is 1.48. The van der Waals surface area contributed by atoms with Crippen molar-refractivity contribution < 1.29 is 20.1 Å². The summed E-state index contributed by atoms with van der Waals surface area (Å²) in [6.07, 6.45) is 0. The van der Waals surface area contributed by atoms with E-state index in [1.165, 1.54) is 24.3 Å². The summed E-state index contributed by atoms with van der Waals surface area (Å²) in [6, 6.07) is 12.5. The molecule has 18 heavy (non-hydrogen) atoms. The first-order valence-corrected chi connectivity index (χ1v) is 5.25. The molecule has 2 rings (SSSR count). The third kappa shape index (κ3) is 2.87. The van der Waals surface area contributed by atoms with E-state index in [0.29, 0.717) is 0 Å². The van der Waals surface area contributed by atoms with Crippen LogP contribution in [0.3, 0.4) is 0 Å². The molecule has 0 atom stereocenters. The molecule has 0 bridgehead atoms. The van der Waals surface area contributed by atoms with Crippen LogP contribution in [0.4, 0.5) is 0 Å². The van der Waals surface area contributed by atoms with E-state index in [-0.39, 0.29) is 22.6 Å². The molecule has 0 fully saturated rings. The van der Waals surface area contributed by atoms with Gasteiger partial charge in [0, 0.05) is 7.11 Å². The summed E-state index contributed by atoms with van der Waals surface area (Å²) < 4.78 is 0. The van der Waals surface area contributed by atoms with Crippen molar-refractivity contribution in [2.75, 3.05) is 7.11 Å². The highest BCUT2D eigenvalue weighted by molar-refractivity contribution is 6.12. The molecule has 0 amide bonds. The molecule has 3 N–H and O–H groups in total. The smallest absolute Gasteiger partial charge is 0.200 e. The van der Waals surface area contributed by atoms with Crippen LogP contribution in [-0.2, 0) is 0 Å². The third-order valence-electron chi connectivity index (χ3n) is 2.30. The van der Waals surface area contributed by atoms with Crippen molar-refractivity contribution in [2.24, 2.45) is 0 Å². The van der Waals surface area contributed by atoms with E-state index >= 15 is 0 Å². The van der Waals surface area contributed by atoms with Crippen molar-refractivity contribution in [3.05, 3.63) is 59.7 Å². The first kappa shape index (κ1) is 13.7. The second-order valence-corrected chi connectivity index (χ2v) is 3.36. The Morgan fingerprint density at radius 2 is 1.11 bits per heavy atom. The van der Waals surface area contributed by atoms with Crippen LogP contribution in [0.15, 0.2) is 48.5 Å². The Bertz CT molecular complexity index is 487. The lowest BCUT2D eigenvalue weighted by molar-refractivity contribution is 0.103. The topological polar surface area (TPSA) is 77.8 Å². The van der Waals surface area contributed by atoms with E-state index in [2.05, 4.69) is 0 Å². The number of aliphatic hydroxyl groups is 1. The second-order valence-electron chi connectivity index (χ2n) is 3.36. The van der Waals surface area contributed by atoms with Gasteiger partial charge in [0.15, 0.2) is 5.78 Å². The maximum atomic E-state index is 12.0. The van der Waals surface area contributed by atoms with Crippen LogP contribution < -0.4 is 0 Å². The van der Waals surface area contributed by atoms with Gasteiger partial charge in [0.25, 0.3) is 0 Å². The normalized spacial score (nSPS) is 9.22. The summed E-state index contributed by atoms with van der Waals surface area (Å²) in [6.45, 7) is 0. The van der Waals surface area contributed by atoms with Crippen LogP contribution >= 0.6 is 0 Å². The minimum atomic E-state index is -0.392. The molecule has 0 spiro atoms. The van der Waals surface area contributed by atoms with Gasteiger partial charge in [-0.15, -0.1) is 0 Å². The van der Waals surface area contributed by atoms with Crippen LogP contribution in [0.2, 0.25) is 0 Å². The molecule has 2 aromatic rings. The van der Waals surface area contributed by atoms with Crippen molar-refractivity contribution in [3.8, 4) is 11.5 Å². The fourth-order valence-corrected chi connectivity index (χ4v) is 1.48. The van der Waals surface area contributed by atoms with Crippen molar-refractivity contribution in [1.29, 1.82) is 0 Å². The second kappa shape index (κ2) is 6.42. The Morgan fingerprint density at radius 1 is 0.778 bits per heavy atom. The average Bonchev–Trinajstić information content (AvgIpc) is 2.41. The van der Waals surface area contributed by atoms with Crippen molar-refractivity contribution >= 4 is 5.78 Å². The number of carbonyl (C=O) groups is 1. The number of aliphatic hydroxyl groups excluding tert-OH is 1. The number of carbonyl (C=O) groups excluding carboxylic acids is 1. The first-order chi connectivity index (χ1) is 8.70. The van der Waals surface area contributed by atoms with Crippen LogP contribution in [-0.4, -0.2) is 28.2 Å². The molecular formula is C14H14O4. The van der Waals surface area contributed by atoms with Gasteiger partial charge in [-0.1, -0.05) is 24.3 Å². The van der Waals surface area contributed by atoms with Crippen molar-refractivity contribution in [1.82, 2.24) is 0 Å². The maximum absolute atomic E-state index is 12.0. The number of ketones is 1. The highest BCUT2D eigenvalue weighted by Gasteiger charge is 2.15. The SMILES string of the molecule is CO.O=C(c1ccccc1O)c1ccccc1O. The van der Waals surface area contributed by atoms with E-state index in [1.807, 2.05) is 0 Å². The van der Waals surface area contributed by atoms with Gasteiger partial charge in [0.1, 0.15) is 11.5 Å². The largest absolute Gasteiger partial charge is 0.507 e. The van der Waals surface area contributed by atoms with Crippen LogP contribution in [0.1, 0.15) is 15.9 Å². The molecule has 4 heteroatoms. The Morgan fingerprint density at radius 3 is 1.44 bits per heavy atom. The van der Waals surface area contributed by atoms with Crippen molar-refractivity contribution in [3.63, 3.8) is 0 Å². The molecule has 0 aliphatic carbocycles. The van der Waals surface area contributed by atoms with Crippen LogP contribution in [0, 0.1) is 0 Å². The number of benzene rings is 2. The molecule has 4 nitrogen and oxygen atoms in total. The molecule has 2 aromatic carbocycles. The Hall–Kier alpha value is -2.33. The number of para-hydroxylation sites is 2. The van der Waals surface area contributed by atoms with E-state index < -0.39 is 5.78 Å². The zero-order valence-electron chi connectivity index (χ0n) is 9.87. The van der Waals surface area contributed by atoms with Gasteiger partial charge < -0.3 is 15.3 Å². The minimum Gasteiger partial charge on any atom is -0.507 e. The van der Waals surface area contributed by atoms with Gasteiger partial charge >= 0.3 is 0 Å².